The van der Waals surface area contributed by atoms with Gasteiger partial charge in [-0.05, 0) is 85.9 Å². The molecule has 0 unspecified atom stereocenters. The molecule has 3 heterocycles. The monoisotopic (exact) mass is 877 g/mol. The zero-order chi connectivity index (χ0) is 37.5. The smallest absolute Gasteiger partial charge is 0.216 e. The van der Waals surface area contributed by atoms with Gasteiger partial charge in [-0.15, -0.1) is 18.2 Å². The number of pyridine rings is 1. The van der Waals surface area contributed by atoms with Crippen LogP contribution in [0.4, 0.5) is 0 Å². The number of benzene rings is 3. The number of fused-ring (bicyclic) bond motifs is 6. The summed E-state index contributed by atoms with van der Waals surface area (Å²) in [5.41, 5.74) is 7.00. The molecule has 6 rings (SSSR count). The number of hydrogen-bond donors (Lipinski definition) is 1. The van der Waals surface area contributed by atoms with Gasteiger partial charge in [0.05, 0.1) is 11.1 Å². The zero-order valence-electron chi connectivity index (χ0n) is 33.0. The van der Waals surface area contributed by atoms with E-state index in [1.807, 2.05) is 73.6 Å². The van der Waals surface area contributed by atoms with Crippen LogP contribution in [0.15, 0.2) is 64.8 Å². The van der Waals surface area contributed by atoms with Crippen LogP contribution in [0.5, 0.6) is 0 Å². The third kappa shape index (κ3) is 7.72. The van der Waals surface area contributed by atoms with E-state index < -0.39 is 0 Å². The van der Waals surface area contributed by atoms with Gasteiger partial charge in [0, 0.05) is 59.2 Å². The van der Waals surface area contributed by atoms with Crippen molar-refractivity contribution >= 4 is 49.5 Å². The van der Waals surface area contributed by atoms with Crippen LogP contribution in [-0.2, 0) is 30.3 Å². The van der Waals surface area contributed by atoms with Gasteiger partial charge in [0.25, 0.3) is 0 Å². The Kier molecular flexibility index (Phi) is 12.2. The van der Waals surface area contributed by atoms with Gasteiger partial charge < -0.3 is 9.52 Å². The zero-order valence-corrected chi connectivity index (χ0v) is 35.4. The molecular weight excluding hydrogens is 823 g/mol. The van der Waals surface area contributed by atoms with Gasteiger partial charge in [0.2, 0.25) is 5.71 Å². The van der Waals surface area contributed by atoms with E-state index in [0.29, 0.717) is 5.71 Å². The maximum absolute atomic E-state index is 12.2. The van der Waals surface area contributed by atoms with Crippen molar-refractivity contribution in [2.24, 2.45) is 10.8 Å². The Labute approximate surface area is 322 Å². The molecule has 0 saturated carbocycles. The third-order valence-electron chi connectivity index (χ3n) is 11.2. The van der Waals surface area contributed by atoms with Crippen molar-refractivity contribution in [3.05, 3.63) is 89.1 Å². The minimum absolute atomic E-state index is 0. The Hall–Kier alpha value is -3.93. The van der Waals surface area contributed by atoms with E-state index in [0.717, 1.165) is 75.7 Å². The van der Waals surface area contributed by atoms with Gasteiger partial charge in [0.1, 0.15) is 11.6 Å². The Morgan fingerprint density at radius 1 is 0.808 bits per heavy atom. The number of nitrogens with zero attached hydrogens (tertiary/aromatic N) is 3. The summed E-state index contributed by atoms with van der Waals surface area (Å²) in [6, 6.07) is 20.4. The van der Waals surface area contributed by atoms with E-state index in [9.17, 15) is 9.90 Å². The first kappa shape index (κ1) is 40.8. The van der Waals surface area contributed by atoms with Gasteiger partial charge in [-0.2, -0.15) is 0 Å². The molecule has 0 aliphatic heterocycles. The van der Waals surface area contributed by atoms with E-state index in [1.165, 1.54) is 28.0 Å². The van der Waals surface area contributed by atoms with Gasteiger partial charge in [-0.3, -0.25) is 9.78 Å². The summed E-state index contributed by atoms with van der Waals surface area (Å²) >= 11 is 0. The second-order valence-corrected chi connectivity index (χ2v) is 15.7. The standard InChI is InChI=1S/C30H26N3O.C15H28O2.Ir/c1-16-14-20(30(4,5)6)15-19-11-13-23-26(32-18(3)33-27(23)25(16)19)24-9-7-8-21-22-12-10-17(2)31-29(22)34-28(21)24;1-7-14(5,8-2)12(16)11-13(17)15(6,9-3)10-4;/h7-8,10-15H,1-6H3;11,16H,7-10H2,1-6H3;/q-1;;/b;12-11-;. The third-order valence-corrected chi connectivity index (χ3v) is 11.2. The number of carbonyl (C=O) groups excluding carboxylic acids is 1. The number of aliphatic hydroxyl groups is 1. The first-order valence-corrected chi connectivity index (χ1v) is 18.4. The predicted molar refractivity (Wildman–Crippen MR) is 212 cm³/mol. The van der Waals surface area contributed by atoms with E-state index >= 15 is 0 Å². The second kappa shape index (κ2) is 15.6. The molecule has 7 heteroatoms. The van der Waals surface area contributed by atoms with Gasteiger partial charge in [-0.25, -0.2) is 9.97 Å². The summed E-state index contributed by atoms with van der Waals surface area (Å²) in [4.78, 5) is 26.6. The van der Waals surface area contributed by atoms with E-state index in [2.05, 4.69) is 69.1 Å². The van der Waals surface area contributed by atoms with Crippen molar-refractivity contribution in [2.75, 3.05) is 0 Å². The summed E-state index contributed by atoms with van der Waals surface area (Å²) in [5.74, 6) is 1.01. The minimum atomic E-state index is -0.337. The van der Waals surface area contributed by atoms with E-state index in [1.54, 1.807) is 0 Å². The summed E-state index contributed by atoms with van der Waals surface area (Å²) in [6.45, 7) is 24.9. The van der Waals surface area contributed by atoms with Crippen LogP contribution in [-0.4, -0.2) is 25.8 Å². The van der Waals surface area contributed by atoms with Gasteiger partial charge in [0.15, 0.2) is 5.78 Å². The Morgan fingerprint density at radius 2 is 1.44 bits per heavy atom. The molecule has 6 nitrogen and oxygen atoms in total. The first-order chi connectivity index (χ1) is 24.0. The number of aryl methyl sites for hydroxylation is 3. The molecule has 0 saturated heterocycles. The molecular formula is C45H54IrN3O3-. The van der Waals surface area contributed by atoms with Crippen molar-refractivity contribution in [2.45, 2.75) is 114 Å². The molecule has 277 valence electrons. The molecule has 52 heavy (non-hydrogen) atoms. The Bertz CT molecular complexity index is 2290. The van der Waals surface area contributed by atoms with Gasteiger partial charge in [-0.1, -0.05) is 97.5 Å². The molecule has 0 bridgehead atoms. The molecule has 0 aliphatic rings. The molecule has 0 fully saturated rings. The SMILES string of the molecule is CCC(C)(CC)C(=O)/C=C(\O)C(C)(CC)CC.Cc1ccc2c(n1)oc1c(-c3nc(C)nc4c3ccc3cc(C(C)(C)C)cc(C)c34)[c-]ccc12.[Ir]. The normalized spacial score (nSPS) is 12.7. The summed E-state index contributed by atoms with van der Waals surface area (Å²) in [7, 11) is 0. The molecule has 0 atom stereocenters. The Balaban J connectivity index is 0.000000289. The molecule has 0 aliphatic carbocycles. The quantitative estimate of drug-likeness (QED) is 0.0709. The maximum atomic E-state index is 12.2. The molecule has 3 aromatic carbocycles. The average molecular weight is 877 g/mol. The van der Waals surface area contributed by atoms with E-state index in [4.69, 9.17) is 14.4 Å². The average Bonchev–Trinajstić information content (AvgIpc) is 3.47. The van der Waals surface area contributed by atoms with Crippen LogP contribution >= 0.6 is 0 Å². The minimum Gasteiger partial charge on any atom is -0.512 e. The fourth-order valence-electron chi connectivity index (χ4n) is 6.57. The number of aromatic nitrogens is 3. The number of carbonyl (C=O) groups is 1. The van der Waals surface area contributed by atoms with Gasteiger partial charge >= 0.3 is 0 Å². The number of ketones is 1. The number of hydrogen-bond acceptors (Lipinski definition) is 6. The summed E-state index contributed by atoms with van der Waals surface area (Å²) < 4.78 is 6.27. The predicted octanol–water partition coefficient (Wildman–Crippen LogP) is 12.4. The van der Waals surface area contributed by atoms with Crippen molar-refractivity contribution in [3.8, 4) is 11.3 Å². The number of aliphatic hydroxyl groups excluding tert-OH is 1. The van der Waals surface area contributed by atoms with Crippen molar-refractivity contribution in [1.82, 2.24) is 15.0 Å². The van der Waals surface area contributed by atoms with Crippen molar-refractivity contribution in [3.63, 3.8) is 0 Å². The number of furan rings is 1. The van der Waals surface area contributed by atoms with Crippen LogP contribution in [0.25, 0.3) is 55.0 Å². The first-order valence-electron chi connectivity index (χ1n) is 18.4. The molecule has 6 aromatic rings. The van der Waals surface area contributed by atoms with E-state index in [-0.39, 0.29) is 47.9 Å². The maximum Gasteiger partial charge on any atom is 0.216 e. The largest absolute Gasteiger partial charge is 0.512 e. The molecule has 1 N–H and O–H groups in total. The van der Waals surface area contributed by atoms with Crippen LogP contribution in [0.3, 0.4) is 0 Å². The Morgan fingerprint density at radius 3 is 2.06 bits per heavy atom. The van der Waals surface area contributed by atoms with Crippen LogP contribution in [0, 0.1) is 37.7 Å². The molecule has 0 amide bonds. The number of rotatable bonds is 8. The molecule has 0 spiro atoms. The fraction of sp³-hybridized carbons (Fsp3) is 0.422. The molecule has 3 aromatic heterocycles. The van der Waals surface area contributed by atoms with Crippen molar-refractivity contribution < 1.29 is 34.4 Å². The van der Waals surface area contributed by atoms with Crippen LogP contribution in [0.1, 0.15) is 111 Å². The van der Waals surface area contributed by atoms with Crippen LogP contribution in [0.2, 0.25) is 0 Å². The second-order valence-electron chi connectivity index (χ2n) is 15.7. The summed E-state index contributed by atoms with van der Waals surface area (Å²) in [6.07, 6.45) is 4.75. The summed E-state index contributed by atoms with van der Waals surface area (Å²) in [5, 5.41) is 15.5. The van der Waals surface area contributed by atoms with Crippen molar-refractivity contribution in [1.29, 1.82) is 0 Å². The number of allylic oxidation sites excluding steroid dienone is 2. The van der Waals surface area contributed by atoms with Crippen LogP contribution < -0.4 is 0 Å². The topological polar surface area (TPSA) is 89.1 Å². The molecule has 1 radical (unpaired) electrons. The fourth-order valence-corrected chi connectivity index (χ4v) is 6.57.